The Labute approximate surface area is 108 Å². The summed E-state index contributed by atoms with van der Waals surface area (Å²) in [5.74, 6) is 1.01. The van der Waals surface area contributed by atoms with E-state index in [4.69, 9.17) is 16.3 Å². The average molecular weight is 252 g/mol. The average Bonchev–Trinajstić information content (AvgIpc) is 2.38. The number of hydrogen-bond donors (Lipinski definition) is 1. The van der Waals surface area contributed by atoms with E-state index in [0.29, 0.717) is 0 Å². The van der Waals surface area contributed by atoms with E-state index >= 15 is 0 Å². The highest BCUT2D eigenvalue weighted by Gasteiger charge is 2.20. The maximum absolute atomic E-state index is 6.25. The third kappa shape index (κ3) is 3.02. The summed E-state index contributed by atoms with van der Waals surface area (Å²) in [6.07, 6.45) is 4.35. The molecule has 1 aliphatic heterocycles. The van der Waals surface area contributed by atoms with Crippen LogP contribution in [0.15, 0.2) is 36.1 Å². The standard InChI is InChI=1S/C14H18ClNO/c1-2-16-14(13-9-5-6-10-17-13)11-7-3-4-8-12(11)15/h3-4,7-9,14,16H,2,5-6,10H2,1H3. The van der Waals surface area contributed by atoms with E-state index in [1.165, 1.54) is 0 Å². The second-order valence-electron chi connectivity index (χ2n) is 4.11. The molecular weight excluding hydrogens is 234 g/mol. The number of nitrogens with one attached hydrogen (secondary N) is 1. The first-order valence-electron chi connectivity index (χ1n) is 6.13. The fourth-order valence-electron chi connectivity index (χ4n) is 2.05. The Morgan fingerprint density at radius 3 is 2.88 bits per heavy atom. The Hall–Kier alpha value is -0.990. The Balaban J connectivity index is 2.28. The molecule has 1 unspecified atom stereocenters. The van der Waals surface area contributed by atoms with E-state index < -0.39 is 0 Å². The van der Waals surface area contributed by atoms with E-state index in [1.54, 1.807) is 0 Å². The third-order valence-corrected chi connectivity index (χ3v) is 3.22. The molecule has 0 radical (unpaired) electrons. The normalized spacial score (nSPS) is 17.2. The minimum Gasteiger partial charge on any atom is -0.496 e. The van der Waals surface area contributed by atoms with Crippen LogP contribution in [-0.4, -0.2) is 13.2 Å². The van der Waals surface area contributed by atoms with Gasteiger partial charge < -0.3 is 10.1 Å². The Morgan fingerprint density at radius 1 is 1.41 bits per heavy atom. The van der Waals surface area contributed by atoms with Crippen molar-refractivity contribution in [3.8, 4) is 0 Å². The molecule has 0 spiro atoms. The summed E-state index contributed by atoms with van der Waals surface area (Å²) in [5, 5.41) is 4.22. The first kappa shape index (κ1) is 12.5. The van der Waals surface area contributed by atoms with Gasteiger partial charge in [-0.25, -0.2) is 0 Å². The zero-order chi connectivity index (χ0) is 12.1. The van der Waals surface area contributed by atoms with Gasteiger partial charge in [0.2, 0.25) is 0 Å². The zero-order valence-electron chi connectivity index (χ0n) is 10.1. The molecule has 1 atom stereocenters. The molecule has 0 amide bonds. The summed E-state index contributed by atoms with van der Waals surface area (Å²) in [6, 6.07) is 8.01. The lowest BCUT2D eigenvalue weighted by molar-refractivity contribution is 0.168. The summed E-state index contributed by atoms with van der Waals surface area (Å²) >= 11 is 6.25. The lowest BCUT2D eigenvalue weighted by atomic mass is 10.0. The maximum atomic E-state index is 6.25. The quantitative estimate of drug-likeness (QED) is 0.881. The van der Waals surface area contributed by atoms with Crippen LogP contribution in [0.5, 0.6) is 0 Å². The fraction of sp³-hybridized carbons (Fsp3) is 0.429. The van der Waals surface area contributed by atoms with Crippen molar-refractivity contribution >= 4 is 11.6 Å². The summed E-state index contributed by atoms with van der Waals surface area (Å²) in [5.41, 5.74) is 1.09. The highest BCUT2D eigenvalue weighted by atomic mass is 35.5. The van der Waals surface area contributed by atoms with Gasteiger partial charge in [0.05, 0.1) is 12.6 Å². The number of rotatable bonds is 4. The fourth-order valence-corrected chi connectivity index (χ4v) is 2.30. The Bertz CT molecular complexity index is 403. The van der Waals surface area contributed by atoms with Gasteiger partial charge in [-0.1, -0.05) is 36.7 Å². The van der Waals surface area contributed by atoms with Crippen molar-refractivity contribution in [3.63, 3.8) is 0 Å². The molecule has 1 heterocycles. The van der Waals surface area contributed by atoms with E-state index in [-0.39, 0.29) is 6.04 Å². The molecule has 0 bridgehead atoms. The highest BCUT2D eigenvalue weighted by Crippen LogP contribution is 2.30. The SMILES string of the molecule is CCNC(C1=CCCCO1)c1ccccc1Cl. The summed E-state index contributed by atoms with van der Waals surface area (Å²) in [7, 11) is 0. The first-order valence-corrected chi connectivity index (χ1v) is 6.51. The lowest BCUT2D eigenvalue weighted by Crippen LogP contribution is -2.25. The van der Waals surface area contributed by atoms with Crippen LogP contribution >= 0.6 is 11.6 Å². The van der Waals surface area contributed by atoms with E-state index in [1.807, 2.05) is 18.2 Å². The van der Waals surface area contributed by atoms with Crippen LogP contribution in [0.1, 0.15) is 31.4 Å². The first-order chi connectivity index (χ1) is 8.33. The van der Waals surface area contributed by atoms with Crippen LogP contribution in [0, 0.1) is 0 Å². The van der Waals surface area contributed by atoms with E-state index in [0.717, 1.165) is 42.3 Å². The van der Waals surface area contributed by atoms with E-state index in [2.05, 4.69) is 24.4 Å². The van der Waals surface area contributed by atoms with Crippen molar-refractivity contribution in [3.05, 3.63) is 46.7 Å². The number of hydrogen-bond acceptors (Lipinski definition) is 2. The topological polar surface area (TPSA) is 21.3 Å². The largest absolute Gasteiger partial charge is 0.496 e. The molecule has 3 heteroatoms. The van der Waals surface area contributed by atoms with Crippen LogP contribution in [0.3, 0.4) is 0 Å². The van der Waals surface area contributed by atoms with Crippen molar-refractivity contribution in [2.45, 2.75) is 25.8 Å². The van der Waals surface area contributed by atoms with Crippen molar-refractivity contribution < 1.29 is 4.74 Å². The second-order valence-corrected chi connectivity index (χ2v) is 4.52. The number of allylic oxidation sites excluding steroid dienone is 1. The summed E-state index contributed by atoms with van der Waals surface area (Å²) in [6.45, 7) is 3.78. The predicted octanol–water partition coefficient (Wildman–Crippen LogP) is 3.68. The molecule has 92 valence electrons. The molecule has 1 aromatic carbocycles. The molecule has 0 saturated carbocycles. The molecule has 0 fully saturated rings. The number of benzene rings is 1. The van der Waals surface area contributed by atoms with Gasteiger partial charge in [0.15, 0.2) is 0 Å². The molecule has 1 aromatic rings. The third-order valence-electron chi connectivity index (χ3n) is 2.87. The van der Waals surface area contributed by atoms with Crippen molar-refractivity contribution in [2.75, 3.05) is 13.2 Å². The Morgan fingerprint density at radius 2 is 2.24 bits per heavy atom. The van der Waals surface area contributed by atoms with Gasteiger partial charge in [0, 0.05) is 5.02 Å². The molecule has 0 saturated heterocycles. The van der Waals surface area contributed by atoms with Crippen LogP contribution in [0.25, 0.3) is 0 Å². The summed E-state index contributed by atoms with van der Waals surface area (Å²) in [4.78, 5) is 0. The molecule has 0 aliphatic carbocycles. The molecule has 1 aliphatic rings. The maximum Gasteiger partial charge on any atom is 0.113 e. The molecule has 17 heavy (non-hydrogen) atoms. The van der Waals surface area contributed by atoms with Crippen LogP contribution in [0.4, 0.5) is 0 Å². The van der Waals surface area contributed by atoms with Gasteiger partial charge in [-0.3, -0.25) is 0 Å². The lowest BCUT2D eigenvalue weighted by Gasteiger charge is -2.25. The molecule has 0 aromatic heterocycles. The van der Waals surface area contributed by atoms with Gasteiger partial charge in [-0.2, -0.15) is 0 Å². The molecule has 1 N–H and O–H groups in total. The number of halogens is 1. The zero-order valence-corrected chi connectivity index (χ0v) is 10.8. The Kier molecular flexibility index (Phi) is 4.46. The van der Waals surface area contributed by atoms with Crippen molar-refractivity contribution in [2.24, 2.45) is 0 Å². The number of likely N-dealkylation sites (N-methyl/N-ethyl adjacent to an activating group) is 1. The minimum absolute atomic E-state index is 0.0778. The van der Waals surface area contributed by atoms with Crippen molar-refractivity contribution in [1.29, 1.82) is 0 Å². The monoisotopic (exact) mass is 251 g/mol. The highest BCUT2D eigenvalue weighted by molar-refractivity contribution is 6.31. The molecular formula is C14H18ClNO. The molecule has 2 nitrogen and oxygen atoms in total. The van der Waals surface area contributed by atoms with Gasteiger partial charge in [-0.05, 0) is 37.1 Å². The summed E-state index contributed by atoms with van der Waals surface area (Å²) < 4.78 is 5.74. The smallest absolute Gasteiger partial charge is 0.113 e. The van der Waals surface area contributed by atoms with E-state index in [9.17, 15) is 0 Å². The van der Waals surface area contributed by atoms with Gasteiger partial charge in [0.25, 0.3) is 0 Å². The molecule has 2 rings (SSSR count). The van der Waals surface area contributed by atoms with Crippen LogP contribution in [-0.2, 0) is 4.74 Å². The van der Waals surface area contributed by atoms with Gasteiger partial charge in [-0.15, -0.1) is 0 Å². The second kappa shape index (κ2) is 6.08. The van der Waals surface area contributed by atoms with Crippen molar-refractivity contribution in [1.82, 2.24) is 5.32 Å². The predicted molar refractivity (Wildman–Crippen MR) is 71.1 cm³/mol. The number of ether oxygens (including phenoxy) is 1. The van der Waals surface area contributed by atoms with Crippen LogP contribution < -0.4 is 5.32 Å². The van der Waals surface area contributed by atoms with Crippen LogP contribution in [0.2, 0.25) is 5.02 Å². The minimum atomic E-state index is 0.0778. The van der Waals surface area contributed by atoms with Gasteiger partial charge in [0.1, 0.15) is 5.76 Å². The van der Waals surface area contributed by atoms with Gasteiger partial charge >= 0.3 is 0 Å².